The van der Waals surface area contributed by atoms with Gasteiger partial charge >= 0.3 is 0 Å². The van der Waals surface area contributed by atoms with Gasteiger partial charge in [0.15, 0.2) is 0 Å². The predicted molar refractivity (Wildman–Crippen MR) is 46.2 cm³/mol. The molecule has 0 aromatic heterocycles. The monoisotopic (exact) mass is 140 g/mol. The van der Waals surface area contributed by atoms with Crippen LogP contribution in [0.2, 0.25) is 0 Å². The molecule has 0 aliphatic heterocycles. The number of hydrogen-bond acceptors (Lipinski definition) is 2. The third-order valence-corrected chi connectivity index (χ3v) is 1.07. The Morgan fingerprint density at radius 3 is 2.70 bits per heavy atom. The number of rotatable bonds is 4. The maximum absolute atomic E-state index is 4.14. The highest BCUT2D eigenvalue weighted by molar-refractivity contribution is 5.55. The molecule has 0 fully saturated rings. The summed E-state index contributed by atoms with van der Waals surface area (Å²) in [6.45, 7) is 4.98. The second kappa shape index (κ2) is 6.33. The molecule has 0 saturated carbocycles. The molecule has 0 aliphatic rings. The van der Waals surface area contributed by atoms with Gasteiger partial charge in [0.1, 0.15) is 0 Å². The second-order valence-electron chi connectivity index (χ2n) is 2.12. The number of nitrogens with zero attached hydrogens (tertiary/aromatic N) is 2. The Labute approximate surface area is 63.2 Å². The summed E-state index contributed by atoms with van der Waals surface area (Å²) in [5, 5.41) is 6.04. The average Bonchev–Trinajstić information content (AvgIpc) is 1.97. The Kier molecular flexibility index (Phi) is 5.83. The molecule has 0 aliphatic carbocycles. The molecule has 0 heterocycles. The van der Waals surface area contributed by atoms with Crippen LogP contribution < -0.4 is 0 Å². The van der Waals surface area contributed by atoms with Gasteiger partial charge in [-0.05, 0) is 13.3 Å². The Bertz CT molecular complexity index is 116. The standard InChI is InChI=1S/C8H16N2/c1-4-6-8-10(3)9-7-5-2/h4,6-7H,5,8H2,1-3H3/b6-4-,9-7-. The van der Waals surface area contributed by atoms with Gasteiger partial charge in [0.05, 0.1) is 6.54 Å². The Morgan fingerprint density at radius 1 is 1.50 bits per heavy atom. The van der Waals surface area contributed by atoms with Gasteiger partial charge in [0.2, 0.25) is 0 Å². The third kappa shape index (κ3) is 5.35. The highest BCUT2D eigenvalue weighted by Crippen LogP contribution is 1.83. The lowest BCUT2D eigenvalue weighted by atomic mass is 10.5. The van der Waals surface area contributed by atoms with Crippen LogP contribution in [0, 0.1) is 0 Å². The third-order valence-electron chi connectivity index (χ3n) is 1.07. The van der Waals surface area contributed by atoms with Crippen molar-refractivity contribution in [3.8, 4) is 0 Å². The van der Waals surface area contributed by atoms with Crippen molar-refractivity contribution in [2.75, 3.05) is 13.6 Å². The zero-order valence-corrected chi connectivity index (χ0v) is 7.04. The molecule has 0 spiro atoms. The van der Waals surface area contributed by atoms with Gasteiger partial charge in [0, 0.05) is 13.3 Å². The van der Waals surface area contributed by atoms with Gasteiger partial charge < -0.3 is 0 Å². The van der Waals surface area contributed by atoms with Crippen LogP contribution in [0.25, 0.3) is 0 Å². The Hall–Kier alpha value is -0.790. The lowest BCUT2D eigenvalue weighted by Gasteiger charge is -2.07. The van der Waals surface area contributed by atoms with E-state index in [1.807, 2.05) is 31.3 Å². The molecular weight excluding hydrogens is 124 g/mol. The van der Waals surface area contributed by atoms with E-state index in [0.29, 0.717) is 0 Å². The second-order valence-corrected chi connectivity index (χ2v) is 2.12. The van der Waals surface area contributed by atoms with Crippen LogP contribution in [0.4, 0.5) is 0 Å². The van der Waals surface area contributed by atoms with Crippen LogP contribution in [0.5, 0.6) is 0 Å². The minimum Gasteiger partial charge on any atom is -0.297 e. The quantitative estimate of drug-likeness (QED) is 0.331. The number of likely N-dealkylation sites (N-methyl/N-ethyl adjacent to an activating group) is 1. The fourth-order valence-electron chi connectivity index (χ4n) is 0.526. The van der Waals surface area contributed by atoms with Gasteiger partial charge in [0.25, 0.3) is 0 Å². The fraction of sp³-hybridized carbons (Fsp3) is 0.625. The molecule has 0 radical (unpaired) electrons. The first kappa shape index (κ1) is 9.21. The highest BCUT2D eigenvalue weighted by atomic mass is 15.4. The number of hydrazone groups is 1. The fourth-order valence-corrected chi connectivity index (χ4v) is 0.526. The number of hydrogen-bond donors (Lipinski definition) is 0. The van der Waals surface area contributed by atoms with Crippen LogP contribution in [0.3, 0.4) is 0 Å². The van der Waals surface area contributed by atoms with Crippen LogP contribution in [-0.4, -0.2) is 24.8 Å². The van der Waals surface area contributed by atoms with E-state index in [1.54, 1.807) is 0 Å². The van der Waals surface area contributed by atoms with Crippen LogP contribution in [0.15, 0.2) is 17.3 Å². The van der Waals surface area contributed by atoms with Crippen LogP contribution >= 0.6 is 0 Å². The molecule has 0 atom stereocenters. The van der Waals surface area contributed by atoms with E-state index in [4.69, 9.17) is 0 Å². The van der Waals surface area contributed by atoms with Crippen molar-refractivity contribution in [1.82, 2.24) is 5.01 Å². The van der Waals surface area contributed by atoms with E-state index in [-0.39, 0.29) is 0 Å². The lowest BCUT2D eigenvalue weighted by molar-refractivity contribution is 0.396. The molecule has 0 N–H and O–H groups in total. The molecule has 10 heavy (non-hydrogen) atoms. The van der Waals surface area contributed by atoms with E-state index >= 15 is 0 Å². The van der Waals surface area contributed by atoms with E-state index in [2.05, 4.69) is 18.1 Å². The maximum atomic E-state index is 4.14. The Balaban J connectivity index is 3.42. The molecular formula is C8H16N2. The molecule has 0 aromatic carbocycles. The summed E-state index contributed by atoms with van der Waals surface area (Å²) in [6.07, 6.45) is 7.01. The first-order valence-corrected chi connectivity index (χ1v) is 3.66. The summed E-state index contributed by atoms with van der Waals surface area (Å²) in [7, 11) is 1.96. The summed E-state index contributed by atoms with van der Waals surface area (Å²) < 4.78 is 0. The van der Waals surface area contributed by atoms with Gasteiger partial charge in [-0.25, -0.2) is 0 Å². The number of allylic oxidation sites excluding steroid dienone is 1. The molecule has 58 valence electrons. The van der Waals surface area contributed by atoms with Gasteiger partial charge in [-0.2, -0.15) is 5.10 Å². The van der Waals surface area contributed by atoms with Crippen molar-refractivity contribution in [1.29, 1.82) is 0 Å². The molecule has 0 rings (SSSR count). The molecule has 0 saturated heterocycles. The van der Waals surface area contributed by atoms with Crippen molar-refractivity contribution in [3.63, 3.8) is 0 Å². The normalized spacial score (nSPS) is 11.5. The van der Waals surface area contributed by atoms with Crippen molar-refractivity contribution < 1.29 is 0 Å². The van der Waals surface area contributed by atoms with Gasteiger partial charge in [-0.1, -0.05) is 19.1 Å². The Morgan fingerprint density at radius 2 is 2.20 bits per heavy atom. The van der Waals surface area contributed by atoms with Gasteiger partial charge in [-0.15, -0.1) is 0 Å². The SMILES string of the molecule is C/C=C\CN(C)/N=C\CC. The zero-order valence-electron chi connectivity index (χ0n) is 7.04. The van der Waals surface area contributed by atoms with Crippen molar-refractivity contribution >= 4 is 6.21 Å². The zero-order chi connectivity index (χ0) is 7.82. The summed E-state index contributed by atoms with van der Waals surface area (Å²) >= 11 is 0. The smallest absolute Gasteiger partial charge is 0.0537 e. The summed E-state index contributed by atoms with van der Waals surface area (Å²) in [5.41, 5.74) is 0. The molecule has 2 nitrogen and oxygen atoms in total. The minimum absolute atomic E-state index is 0.896. The first-order valence-electron chi connectivity index (χ1n) is 3.66. The van der Waals surface area contributed by atoms with E-state index in [1.165, 1.54) is 0 Å². The molecule has 0 amide bonds. The van der Waals surface area contributed by atoms with Crippen molar-refractivity contribution in [2.24, 2.45) is 5.10 Å². The summed E-state index contributed by atoms with van der Waals surface area (Å²) in [4.78, 5) is 0. The van der Waals surface area contributed by atoms with Crippen LogP contribution in [-0.2, 0) is 0 Å². The summed E-state index contributed by atoms with van der Waals surface area (Å²) in [5.74, 6) is 0. The van der Waals surface area contributed by atoms with E-state index < -0.39 is 0 Å². The predicted octanol–water partition coefficient (Wildman–Crippen LogP) is 1.89. The molecule has 0 unspecified atom stereocenters. The van der Waals surface area contributed by atoms with Crippen molar-refractivity contribution in [2.45, 2.75) is 20.3 Å². The maximum Gasteiger partial charge on any atom is 0.0537 e. The summed E-state index contributed by atoms with van der Waals surface area (Å²) in [6, 6.07) is 0. The molecule has 2 heteroatoms. The van der Waals surface area contributed by atoms with Crippen LogP contribution in [0.1, 0.15) is 20.3 Å². The first-order chi connectivity index (χ1) is 4.81. The minimum atomic E-state index is 0.896. The van der Waals surface area contributed by atoms with E-state index in [0.717, 1.165) is 13.0 Å². The molecule has 0 aromatic rings. The van der Waals surface area contributed by atoms with Gasteiger partial charge in [-0.3, -0.25) is 5.01 Å². The lowest BCUT2D eigenvalue weighted by Crippen LogP contribution is -2.10. The van der Waals surface area contributed by atoms with E-state index in [9.17, 15) is 0 Å². The van der Waals surface area contributed by atoms with Crippen molar-refractivity contribution in [3.05, 3.63) is 12.2 Å². The average molecular weight is 140 g/mol. The largest absolute Gasteiger partial charge is 0.297 e. The highest BCUT2D eigenvalue weighted by Gasteiger charge is 1.82. The molecule has 0 bridgehead atoms. The topological polar surface area (TPSA) is 15.6 Å².